The number of benzene rings is 1. The Balaban J connectivity index is 2.19. The molecule has 0 amide bonds. The summed E-state index contributed by atoms with van der Waals surface area (Å²) < 4.78 is 18.6. The van der Waals surface area contributed by atoms with Crippen molar-refractivity contribution in [2.45, 2.75) is 19.4 Å². The van der Waals surface area contributed by atoms with Crippen molar-refractivity contribution in [2.75, 3.05) is 7.05 Å². The fourth-order valence-electron chi connectivity index (χ4n) is 1.97. The Hall–Kier alpha value is -1.61. The summed E-state index contributed by atoms with van der Waals surface area (Å²) in [5.74, 6) is 0.713. The van der Waals surface area contributed by atoms with Gasteiger partial charge in [0.15, 0.2) is 0 Å². The second kappa shape index (κ2) is 5.15. The molecule has 0 radical (unpaired) electrons. The van der Waals surface area contributed by atoms with Gasteiger partial charge in [-0.2, -0.15) is 0 Å². The molecule has 1 aromatic heterocycles. The lowest BCUT2D eigenvalue weighted by Crippen LogP contribution is -2.19. The number of likely N-dealkylation sites (N-methyl/N-ethyl adjacent to an activating group) is 1. The van der Waals surface area contributed by atoms with Crippen molar-refractivity contribution >= 4 is 0 Å². The molecule has 1 unspecified atom stereocenters. The lowest BCUT2D eigenvalue weighted by molar-refractivity contribution is 0.426. The van der Waals surface area contributed by atoms with Gasteiger partial charge < -0.3 is 9.73 Å². The number of rotatable bonds is 4. The van der Waals surface area contributed by atoms with Crippen molar-refractivity contribution in [1.82, 2.24) is 5.32 Å². The van der Waals surface area contributed by atoms with Gasteiger partial charge >= 0.3 is 0 Å². The van der Waals surface area contributed by atoms with Gasteiger partial charge in [0.05, 0.1) is 12.3 Å². The zero-order valence-corrected chi connectivity index (χ0v) is 10.0. The van der Waals surface area contributed by atoms with Crippen LogP contribution in [-0.2, 0) is 6.42 Å². The lowest BCUT2D eigenvalue weighted by Gasteiger charge is -2.14. The summed E-state index contributed by atoms with van der Waals surface area (Å²) in [7, 11) is 1.88. The van der Waals surface area contributed by atoms with E-state index in [9.17, 15) is 4.39 Å². The van der Waals surface area contributed by atoms with Crippen molar-refractivity contribution in [3.8, 4) is 0 Å². The summed E-state index contributed by atoms with van der Waals surface area (Å²) in [5.41, 5.74) is 2.07. The van der Waals surface area contributed by atoms with Crippen LogP contribution in [0.2, 0.25) is 0 Å². The molecule has 0 bridgehead atoms. The molecule has 0 aliphatic rings. The van der Waals surface area contributed by atoms with Crippen LogP contribution in [-0.4, -0.2) is 7.05 Å². The molecular formula is C14H16FNO. The lowest BCUT2D eigenvalue weighted by atomic mass is 10.0. The van der Waals surface area contributed by atoms with Crippen LogP contribution in [0.3, 0.4) is 0 Å². The number of hydrogen-bond donors (Lipinski definition) is 1. The van der Waals surface area contributed by atoms with Gasteiger partial charge in [0.2, 0.25) is 0 Å². The fourth-order valence-corrected chi connectivity index (χ4v) is 1.97. The first-order chi connectivity index (χ1) is 8.20. The standard InChI is InChI=1S/C14H16FNO/c1-10-6-7-17-14(10)13(16-2)9-11-4-3-5-12(15)8-11/h3-8,13,16H,9H2,1-2H3. The highest BCUT2D eigenvalue weighted by molar-refractivity contribution is 5.23. The normalized spacial score (nSPS) is 12.6. The maximum Gasteiger partial charge on any atom is 0.123 e. The first-order valence-corrected chi connectivity index (χ1v) is 5.66. The first-order valence-electron chi connectivity index (χ1n) is 5.66. The highest BCUT2D eigenvalue weighted by atomic mass is 19.1. The van der Waals surface area contributed by atoms with Crippen LogP contribution in [0.5, 0.6) is 0 Å². The van der Waals surface area contributed by atoms with E-state index in [1.165, 1.54) is 6.07 Å². The molecule has 0 saturated carbocycles. The summed E-state index contributed by atoms with van der Waals surface area (Å²) in [6, 6.07) is 8.67. The second-order valence-corrected chi connectivity index (χ2v) is 4.14. The van der Waals surface area contributed by atoms with Crippen LogP contribution in [0.25, 0.3) is 0 Å². The van der Waals surface area contributed by atoms with Gasteiger partial charge in [-0.1, -0.05) is 12.1 Å². The zero-order chi connectivity index (χ0) is 12.3. The van der Waals surface area contributed by atoms with Gasteiger partial charge in [-0.05, 0) is 49.7 Å². The summed E-state index contributed by atoms with van der Waals surface area (Å²) in [4.78, 5) is 0. The first kappa shape index (κ1) is 11.9. The average molecular weight is 233 g/mol. The number of nitrogens with one attached hydrogen (secondary N) is 1. The Labute approximate surface area is 100 Å². The molecular weight excluding hydrogens is 217 g/mol. The molecule has 0 spiro atoms. The molecule has 2 rings (SSSR count). The second-order valence-electron chi connectivity index (χ2n) is 4.14. The van der Waals surface area contributed by atoms with Crippen LogP contribution < -0.4 is 5.32 Å². The van der Waals surface area contributed by atoms with E-state index in [1.807, 2.05) is 26.1 Å². The van der Waals surface area contributed by atoms with Crippen LogP contribution in [0.1, 0.15) is 22.9 Å². The minimum absolute atomic E-state index is 0.0757. The van der Waals surface area contributed by atoms with Gasteiger partial charge in [-0.3, -0.25) is 0 Å². The van der Waals surface area contributed by atoms with Crippen molar-refractivity contribution in [1.29, 1.82) is 0 Å². The zero-order valence-electron chi connectivity index (χ0n) is 10.0. The molecule has 2 nitrogen and oxygen atoms in total. The van der Waals surface area contributed by atoms with Gasteiger partial charge in [0.25, 0.3) is 0 Å². The maximum absolute atomic E-state index is 13.1. The highest BCUT2D eigenvalue weighted by Gasteiger charge is 2.15. The molecule has 0 aliphatic heterocycles. The smallest absolute Gasteiger partial charge is 0.123 e. The predicted molar refractivity (Wildman–Crippen MR) is 65.3 cm³/mol. The van der Waals surface area contributed by atoms with E-state index < -0.39 is 0 Å². The van der Waals surface area contributed by atoms with E-state index in [2.05, 4.69) is 5.32 Å². The Morgan fingerprint density at radius 3 is 2.76 bits per heavy atom. The third-order valence-electron chi connectivity index (χ3n) is 2.90. The average Bonchev–Trinajstić information content (AvgIpc) is 2.72. The largest absolute Gasteiger partial charge is 0.467 e. The van der Waals surface area contributed by atoms with Gasteiger partial charge in [-0.25, -0.2) is 4.39 Å². The third-order valence-corrected chi connectivity index (χ3v) is 2.90. The minimum atomic E-state index is -0.200. The van der Waals surface area contributed by atoms with E-state index in [1.54, 1.807) is 18.4 Å². The number of furan rings is 1. The Morgan fingerprint density at radius 2 is 2.18 bits per heavy atom. The maximum atomic E-state index is 13.1. The Bertz CT molecular complexity index is 492. The number of halogens is 1. The molecule has 1 heterocycles. The summed E-state index contributed by atoms with van der Waals surface area (Å²) in [6.07, 6.45) is 2.39. The van der Waals surface area contributed by atoms with E-state index in [4.69, 9.17) is 4.42 Å². The molecule has 3 heteroatoms. The summed E-state index contributed by atoms with van der Waals surface area (Å²) >= 11 is 0. The molecule has 1 N–H and O–H groups in total. The predicted octanol–water partition coefficient (Wildman–Crippen LogP) is 3.23. The molecule has 0 fully saturated rings. The van der Waals surface area contributed by atoms with Crippen LogP contribution in [0, 0.1) is 12.7 Å². The van der Waals surface area contributed by atoms with Crippen LogP contribution in [0.15, 0.2) is 41.0 Å². The van der Waals surface area contributed by atoms with Crippen molar-refractivity contribution in [2.24, 2.45) is 0 Å². The fraction of sp³-hybridized carbons (Fsp3) is 0.286. The monoisotopic (exact) mass is 233 g/mol. The van der Waals surface area contributed by atoms with E-state index in [-0.39, 0.29) is 11.9 Å². The molecule has 2 aromatic rings. The Kier molecular flexibility index (Phi) is 3.59. The van der Waals surface area contributed by atoms with E-state index >= 15 is 0 Å². The molecule has 0 saturated heterocycles. The van der Waals surface area contributed by atoms with E-state index in [0.29, 0.717) is 6.42 Å². The highest BCUT2D eigenvalue weighted by Crippen LogP contribution is 2.22. The SMILES string of the molecule is CNC(Cc1cccc(F)c1)c1occc1C. The van der Waals surface area contributed by atoms with Crippen LogP contribution in [0.4, 0.5) is 4.39 Å². The third kappa shape index (κ3) is 2.74. The molecule has 1 aromatic carbocycles. The van der Waals surface area contributed by atoms with E-state index in [0.717, 1.165) is 16.9 Å². The quantitative estimate of drug-likeness (QED) is 0.877. The number of hydrogen-bond acceptors (Lipinski definition) is 2. The number of aryl methyl sites for hydroxylation is 1. The minimum Gasteiger partial charge on any atom is -0.467 e. The van der Waals surface area contributed by atoms with Crippen molar-refractivity contribution in [3.05, 3.63) is 59.3 Å². The summed E-state index contributed by atoms with van der Waals surface area (Å²) in [6.45, 7) is 2.01. The Morgan fingerprint density at radius 1 is 1.35 bits per heavy atom. The molecule has 0 aliphatic carbocycles. The molecule has 1 atom stereocenters. The van der Waals surface area contributed by atoms with Crippen molar-refractivity contribution < 1.29 is 8.81 Å². The van der Waals surface area contributed by atoms with Crippen molar-refractivity contribution in [3.63, 3.8) is 0 Å². The van der Waals surface area contributed by atoms with Gasteiger partial charge in [0, 0.05) is 0 Å². The van der Waals surface area contributed by atoms with Gasteiger partial charge in [-0.15, -0.1) is 0 Å². The summed E-state index contributed by atoms with van der Waals surface area (Å²) in [5, 5.41) is 3.20. The topological polar surface area (TPSA) is 25.2 Å². The van der Waals surface area contributed by atoms with Crippen LogP contribution >= 0.6 is 0 Å². The molecule has 90 valence electrons. The van der Waals surface area contributed by atoms with Gasteiger partial charge in [0.1, 0.15) is 11.6 Å². The molecule has 17 heavy (non-hydrogen) atoms.